The van der Waals surface area contributed by atoms with Gasteiger partial charge in [-0.15, -0.1) is 0 Å². The van der Waals surface area contributed by atoms with Crippen molar-refractivity contribution in [2.24, 2.45) is 11.8 Å². The smallest absolute Gasteiger partial charge is 0.407 e. The Morgan fingerprint density at radius 3 is 1.75 bits per heavy atom. The van der Waals surface area contributed by atoms with Gasteiger partial charge < -0.3 is 20.1 Å². The Kier molecular flexibility index (Phi) is 14.2. The molecule has 0 saturated heterocycles. The van der Waals surface area contributed by atoms with Gasteiger partial charge in [0.2, 0.25) is 5.91 Å². The summed E-state index contributed by atoms with van der Waals surface area (Å²) in [6.45, 7) is 12.4. The Labute approximate surface area is 170 Å². The van der Waals surface area contributed by atoms with Crippen molar-refractivity contribution < 1.29 is 23.9 Å². The third kappa shape index (κ3) is 12.6. The Morgan fingerprint density at radius 2 is 1.25 bits per heavy atom. The normalized spacial score (nSPS) is 13.1. The fraction of sp³-hybridized carbons (Fsp3) is 0.857. The van der Waals surface area contributed by atoms with Gasteiger partial charge in [-0.2, -0.15) is 0 Å². The monoisotopic (exact) mass is 400 g/mol. The van der Waals surface area contributed by atoms with Crippen molar-refractivity contribution in [3.05, 3.63) is 0 Å². The zero-order chi connectivity index (χ0) is 21.5. The van der Waals surface area contributed by atoms with Crippen LogP contribution < -0.4 is 10.6 Å². The molecule has 0 aromatic rings. The van der Waals surface area contributed by atoms with Crippen molar-refractivity contribution in [3.63, 3.8) is 0 Å². The molecule has 28 heavy (non-hydrogen) atoms. The Hall–Kier alpha value is -1.79. The van der Waals surface area contributed by atoms with Gasteiger partial charge in [0.25, 0.3) is 0 Å². The molecule has 0 heterocycles. The van der Waals surface area contributed by atoms with Crippen LogP contribution in [0.5, 0.6) is 0 Å². The molecule has 0 bridgehead atoms. The van der Waals surface area contributed by atoms with Crippen molar-refractivity contribution in [1.82, 2.24) is 10.6 Å². The van der Waals surface area contributed by atoms with Crippen LogP contribution in [0.4, 0.5) is 4.79 Å². The van der Waals surface area contributed by atoms with Gasteiger partial charge in [-0.05, 0) is 24.7 Å². The summed E-state index contributed by atoms with van der Waals surface area (Å²) in [5, 5.41) is 5.40. The maximum absolute atomic E-state index is 12.7. The highest BCUT2D eigenvalue weighted by molar-refractivity contribution is 5.89. The third-order valence-electron chi connectivity index (χ3n) is 4.01. The number of nitrogens with one attached hydrogen (secondary N) is 2. The van der Waals surface area contributed by atoms with Crippen LogP contribution in [0, 0.1) is 11.8 Å². The van der Waals surface area contributed by atoms with Crippen LogP contribution in [0.2, 0.25) is 0 Å². The molecule has 0 spiro atoms. The van der Waals surface area contributed by atoms with E-state index in [1.807, 2.05) is 41.5 Å². The molecule has 0 aromatic carbocycles. The van der Waals surface area contributed by atoms with Crippen LogP contribution in [0.1, 0.15) is 80.1 Å². The highest BCUT2D eigenvalue weighted by Crippen LogP contribution is 2.08. The number of amides is 2. The second-order valence-electron chi connectivity index (χ2n) is 8.06. The molecule has 0 radical (unpaired) electrons. The lowest BCUT2D eigenvalue weighted by Crippen LogP contribution is -2.52. The minimum atomic E-state index is -0.735. The van der Waals surface area contributed by atoms with Crippen molar-refractivity contribution in [2.45, 2.75) is 92.2 Å². The molecular weight excluding hydrogens is 360 g/mol. The van der Waals surface area contributed by atoms with Crippen LogP contribution in [-0.2, 0) is 19.1 Å². The van der Waals surface area contributed by atoms with E-state index in [1.165, 1.54) is 0 Å². The standard InChI is InChI=1S/C21H40N2O5/c1-7-9-11-17(23-21(26)28-14-16(5)6)19(24)22-18(12-10-8-2)20(25)27-13-15(3)4/h15-18H,7-14H2,1-6H3,(H,22,24)(H,23,26). The summed E-state index contributed by atoms with van der Waals surface area (Å²) in [7, 11) is 0. The van der Waals surface area contributed by atoms with E-state index in [4.69, 9.17) is 9.47 Å². The summed E-state index contributed by atoms with van der Waals surface area (Å²) in [6.07, 6.45) is 3.76. The minimum absolute atomic E-state index is 0.211. The van der Waals surface area contributed by atoms with E-state index in [9.17, 15) is 14.4 Å². The molecule has 0 rings (SSSR count). The highest BCUT2D eigenvalue weighted by atomic mass is 16.5. The van der Waals surface area contributed by atoms with Crippen LogP contribution in [0.3, 0.4) is 0 Å². The molecule has 0 aliphatic rings. The molecule has 2 atom stereocenters. The lowest BCUT2D eigenvalue weighted by Gasteiger charge is -2.23. The molecule has 2 N–H and O–H groups in total. The Morgan fingerprint density at radius 1 is 0.750 bits per heavy atom. The van der Waals surface area contributed by atoms with Crippen LogP contribution >= 0.6 is 0 Å². The molecule has 0 aliphatic heterocycles. The largest absolute Gasteiger partial charge is 0.464 e. The first-order chi connectivity index (χ1) is 13.2. The first-order valence-electron chi connectivity index (χ1n) is 10.6. The van der Waals surface area contributed by atoms with Crippen molar-refractivity contribution in [1.29, 1.82) is 0 Å². The predicted octanol–water partition coefficient (Wildman–Crippen LogP) is 3.80. The third-order valence-corrected chi connectivity index (χ3v) is 4.01. The average molecular weight is 401 g/mol. The lowest BCUT2D eigenvalue weighted by molar-refractivity contribution is -0.149. The van der Waals surface area contributed by atoms with Gasteiger partial charge >= 0.3 is 12.1 Å². The molecule has 7 nitrogen and oxygen atoms in total. The van der Waals surface area contributed by atoms with E-state index in [1.54, 1.807) is 0 Å². The molecule has 0 saturated carbocycles. The molecule has 7 heteroatoms. The van der Waals surface area contributed by atoms with E-state index in [2.05, 4.69) is 10.6 Å². The summed E-state index contributed by atoms with van der Waals surface area (Å²) in [4.78, 5) is 37.1. The SMILES string of the molecule is CCCCC(NC(=O)OCC(C)C)C(=O)NC(CCCC)C(=O)OCC(C)C. The topological polar surface area (TPSA) is 93.7 Å². The summed E-state index contributed by atoms with van der Waals surface area (Å²) >= 11 is 0. The van der Waals surface area contributed by atoms with E-state index < -0.39 is 24.1 Å². The maximum Gasteiger partial charge on any atom is 0.407 e. The second-order valence-corrected chi connectivity index (χ2v) is 8.06. The second kappa shape index (κ2) is 15.2. The first kappa shape index (κ1) is 26.2. The number of hydrogen-bond donors (Lipinski definition) is 2. The number of esters is 1. The number of ether oxygens (including phenoxy) is 2. The number of unbranched alkanes of at least 4 members (excludes halogenated alkanes) is 2. The van der Waals surface area contributed by atoms with Gasteiger partial charge in [0.15, 0.2) is 0 Å². The minimum Gasteiger partial charge on any atom is -0.464 e. The summed E-state index contributed by atoms with van der Waals surface area (Å²) in [5.41, 5.74) is 0. The summed E-state index contributed by atoms with van der Waals surface area (Å²) < 4.78 is 10.4. The first-order valence-corrected chi connectivity index (χ1v) is 10.6. The van der Waals surface area contributed by atoms with Gasteiger partial charge in [0.1, 0.15) is 12.1 Å². The molecule has 2 amide bonds. The van der Waals surface area contributed by atoms with Gasteiger partial charge in [0, 0.05) is 0 Å². The zero-order valence-corrected chi connectivity index (χ0v) is 18.5. The summed E-state index contributed by atoms with van der Waals surface area (Å²) in [5.74, 6) is -0.367. The molecule has 164 valence electrons. The maximum atomic E-state index is 12.7. The van der Waals surface area contributed by atoms with Crippen molar-refractivity contribution in [2.75, 3.05) is 13.2 Å². The van der Waals surface area contributed by atoms with Gasteiger partial charge in [0.05, 0.1) is 13.2 Å². The van der Waals surface area contributed by atoms with Crippen LogP contribution in [0.25, 0.3) is 0 Å². The highest BCUT2D eigenvalue weighted by Gasteiger charge is 2.27. The molecule has 0 aromatic heterocycles. The Bertz CT molecular complexity index is 466. The van der Waals surface area contributed by atoms with E-state index in [0.717, 1.165) is 25.7 Å². The lowest BCUT2D eigenvalue weighted by atomic mass is 10.1. The van der Waals surface area contributed by atoms with Crippen molar-refractivity contribution >= 4 is 18.0 Å². The number of alkyl carbamates (subject to hydrolysis) is 1. The fourth-order valence-electron chi connectivity index (χ4n) is 2.38. The van der Waals surface area contributed by atoms with E-state index >= 15 is 0 Å². The molecular formula is C21H40N2O5. The molecule has 0 fully saturated rings. The molecule has 2 unspecified atom stereocenters. The number of carbonyl (C=O) groups excluding carboxylic acids is 3. The number of rotatable bonds is 14. The van der Waals surface area contributed by atoms with Crippen LogP contribution in [0.15, 0.2) is 0 Å². The quantitative estimate of drug-likeness (QED) is 0.433. The summed E-state index contributed by atoms with van der Waals surface area (Å²) in [6, 6.07) is -1.44. The predicted molar refractivity (Wildman–Crippen MR) is 110 cm³/mol. The average Bonchev–Trinajstić information content (AvgIpc) is 2.64. The van der Waals surface area contributed by atoms with Gasteiger partial charge in [-0.25, -0.2) is 9.59 Å². The Balaban J connectivity index is 4.96. The van der Waals surface area contributed by atoms with Crippen molar-refractivity contribution in [3.8, 4) is 0 Å². The van der Waals surface area contributed by atoms with E-state index in [0.29, 0.717) is 19.4 Å². The van der Waals surface area contributed by atoms with Gasteiger partial charge in [-0.1, -0.05) is 67.2 Å². The number of carbonyl (C=O) groups is 3. The zero-order valence-electron chi connectivity index (χ0n) is 18.5. The van der Waals surface area contributed by atoms with E-state index in [-0.39, 0.29) is 24.3 Å². The fourth-order valence-corrected chi connectivity index (χ4v) is 2.38. The number of hydrogen-bond acceptors (Lipinski definition) is 5. The van der Waals surface area contributed by atoms with Gasteiger partial charge in [-0.3, -0.25) is 4.79 Å². The molecule has 0 aliphatic carbocycles. The van der Waals surface area contributed by atoms with Crippen LogP contribution in [-0.4, -0.2) is 43.3 Å².